The summed E-state index contributed by atoms with van der Waals surface area (Å²) >= 11 is 0. The highest BCUT2D eigenvalue weighted by atomic mass is 16.2. The number of Topliss-reactive ketones (excluding diaryl/α,β-unsaturated/α-hetero) is 1. The molecule has 85 valence electrons. The van der Waals surface area contributed by atoms with Crippen molar-refractivity contribution in [3.8, 4) is 0 Å². The van der Waals surface area contributed by atoms with Gasteiger partial charge in [-0.15, -0.1) is 0 Å². The van der Waals surface area contributed by atoms with Crippen LogP contribution < -0.4 is 21.7 Å². The third-order valence-electron chi connectivity index (χ3n) is 2.35. The molecule has 0 bridgehead atoms. The Morgan fingerprint density at radius 3 is 2.81 bits per heavy atom. The van der Waals surface area contributed by atoms with Gasteiger partial charge in [0.25, 0.3) is 5.91 Å². The number of hydrogen-bond acceptors (Lipinski definition) is 5. The fourth-order valence-corrected chi connectivity index (χ4v) is 1.56. The number of carbonyl (C=O) groups excluding carboxylic acids is 2. The highest BCUT2D eigenvalue weighted by molar-refractivity contribution is 6.03. The number of ketones is 1. The number of rotatable bonds is 2. The minimum absolute atomic E-state index is 0.151. The Kier molecular flexibility index (Phi) is 2.20. The molecule has 1 amide bonds. The van der Waals surface area contributed by atoms with Crippen molar-refractivity contribution >= 4 is 18.0 Å². The first-order chi connectivity index (χ1) is 7.44. The maximum atomic E-state index is 11.8. The van der Waals surface area contributed by atoms with Crippen molar-refractivity contribution in [1.29, 1.82) is 0 Å². The zero-order valence-corrected chi connectivity index (χ0v) is 8.94. The number of carbonyl (C=O) groups is 2. The Morgan fingerprint density at radius 1 is 1.50 bits per heavy atom. The molecular formula is C9H12N5O2. The second kappa shape index (κ2) is 3.31. The Morgan fingerprint density at radius 2 is 2.19 bits per heavy atom. The average Bonchev–Trinajstić information content (AvgIpc) is 2.64. The molecule has 0 aliphatic carbocycles. The molecule has 2 aliphatic heterocycles. The first-order valence-corrected chi connectivity index (χ1v) is 4.85. The lowest BCUT2D eigenvalue weighted by molar-refractivity contribution is -0.134. The highest BCUT2D eigenvalue weighted by Crippen LogP contribution is 2.17. The molecule has 0 saturated heterocycles. The molecule has 0 aromatic carbocycles. The summed E-state index contributed by atoms with van der Waals surface area (Å²) in [5.41, 5.74) is 5.96. The average molecular weight is 222 g/mol. The maximum Gasteiger partial charge on any atom is 0.276 e. The van der Waals surface area contributed by atoms with Gasteiger partial charge in [0, 0.05) is 5.92 Å². The molecule has 0 aromatic rings. The predicted octanol–water partition coefficient (Wildman–Crippen LogP) is -1.64. The standard InChI is InChI=1S/C9H12N5O2/c1-4(2)6(15)9(10)13-7-5(8(16)14-9)11-3-12-7/h3-4,13H,10H2,1-2H3,(H,14,16). The van der Waals surface area contributed by atoms with Gasteiger partial charge in [-0.25, -0.2) is 10.3 Å². The largest absolute Gasteiger partial charge is 0.327 e. The first-order valence-electron chi connectivity index (χ1n) is 4.85. The van der Waals surface area contributed by atoms with Crippen molar-refractivity contribution in [2.45, 2.75) is 19.6 Å². The quantitative estimate of drug-likeness (QED) is 0.520. The number of amides is 1. The summed E-state index contributed by atoms with van der Waals surface area (Å²) in [6.45, 7) is 3.41. The molecule has 0 aromatic heterocycles. The van der Waals surface area contributed by atoms with Gasteiger partial charge in [0.1, 0.15) is 6.34 Å². The van der Waals surface area contributed by atoms with Gasteiger partial charge in [0.15, 0.2) is 17.3 Å². The summed E-state index contributed by atoms with van der Waals surface area (Å²) < 4.78 is 0. The van der Waals surface area contributed by atoms with Crippen LogP contribution in [0.25, 0.3) is 0 Å². The minimum Gasteiger partial charge on any atom is -0.327 e. The van der Waals surface area contributed by atoms with E-state index in [1.165, 1.54) is 6.34 Å². The van der Waals surface area contributed by atoms with E-state index < -0.39 is 11.7 Å². The molecule has 1 atom stereocenters. The van der Waals surface area contributed by atoms with E-state index in [0.717, 1.165) is 0 Å². The molecule has 0 saturated carbocycles. The van der Waals surface area contributed by atoms with E-state index in [1.807, 2.05) is 0 Å². The van der Waals surface area contributed by atoms with Gasteiger partial charge in [-0.3, -0.25) is 15.3 Å². The summed E-state index contributed by atoms with van der Waals surface area (Å²) in [7, 11) is 0. The molecule has 7 heteroatoms. The van der Waals surface area contributed by atoms with Crippen LogP contribution in [0, 0.1) is 5.92 Å². The lowest BCUT2D eigenvalue weighted by atomic mass is 10.0. The normalized spacial score (nSPS) is 27.4. The molecule has 2 aliphatic rings. The molecular weight excluding hydrogens is 210 g/mol. The van der Waals surface area contributed by atoms with Gasteiger partial charge in [-0.1, -0.05) is 13.8 Å². The first kappa shape index (κ1) is 10.6. The molecule has 0 fully saturated rings. The van der Waals surface area contributed by atoms with Crippen LogP contribution in [-0.4, -0.2) is 23.8 Å². The number of nitrogens with one attached hydrogen (secondary N) is 2. The summed E-state index contributed by atoms with van der Waals surface area (Å²) in [6.07, 6.45) is 1.24. The molecule has 0 spiro atoms. The van der Waals surface area contributed by atoms with E-state index in [9.17, 15) is 9.59 Å². The Hall–Kier alpha value is -1.89. The van der Waals surface area contributed by atoms with Gasteiger partial charge in [0.2, 0.25) is 5.79 Å². The van der Waals surface area contributed by atoms with Crippen LogP contribution in [0.15, 0.2) is 16.5 Å². The number of nitrogens with zero attached hydrogens (tertiary/aromatic N) is 2. The van der Waals surface area contributed by atoms with E-state index in [2.05, 4.69) is 20.9 Å². The van der Waals surface area contributed by atoms with E-state index in [-0.39, 0.29) is 23.2 Å². The predicted molar refractivity (Wildman–Crippen MR) is 55.7 cm³/mol. The van der Waals surface area contributed by atoms with E-state index in [4.69, 9.17) is 5.73 Å². The Bertz CT molecular complexity index is 426. The zero-order chi connectivity index (χ0) is 11.9. The van der Waals surface area contributed by atoms with Gasteiger partial charge < -0.3 is 10.6 Å². The minimum atomic E-state index is -1.60. The van der Waals surface area contributed by atoms with Crippen molar-refractivity contribution in [3.63, 3.8) is 0 Å². The maximum absolute atomic E-state index is 11.8. The van der Waals surface area contributed by atoms with Gasteiger partial charge in [0.05, 0.1) is 0 Å². The summed E-state index contributed by atoms with van der Waals surface area (Å²) in [5, 5.41) is 8.91. The second-order valence-corrected chi connectivity index (χ2v) is 3.98. The molecule has 7 nitrogen and oxygen atoms in total. The number of nitrogens with two attached hydrogens (primary N) is 1. The number of aliphatic imine (C=N–C) groups is 1. The van der Waals surface area contributed by atoms with Crippen molar-refractivity contribution in [2.75, 3.05) is 0 Å². The van der Waals surface area contributed by atoms with Crippen LogP contribution >= 0.6 is 0 Å². The van der Waals surface area contributed by atoms with Crippen LogP contribution in [0.1, 0.15) is 13.8 Å². The lowest BCUT2D eigenvalue weighted by Crippen LogP contribution is -2.73. The highest BCUT2D eigenvalue weighted by Gasteiger charge is 2.43. The Labute approximate surface area is 92.2 Å². The van der Waals surface area contributed by atoms with Crippen molar-refractivity contribution in [1.82, 2.24) is 16.0 Å². The fourth-order valence-electron chi connectivity index (χ4n) is 1.56. The molecule has 16 heavy (non-hydrogen) atoms. The second-order valence-electron chi connectivity index (χ2n) is 3.98. The van der Waals surface area contributed by atoms with Crippen LogP contribution in [-0.2, 0) is 9.59 Å². The Balaban J connectivity index is 2.30. The monoisotopic (exact) mass is 222 g/mol. The van der Waals surface area contributed by atoms with Crippen molar-refractivity contribution in [2.24, 2.45) is 16.6 Å². The summed E-state index contributed by atoms with van der Waals surface area (Å²) in [6, 6.07) is 0. The van der Waals surface area contributed by atoms with Crippen LogP contribution in [0.3, 0.4) is 0 Å². The lowest BCUT2D eigenvalue weighted by Gasteiger charge is -2.35. The molecule has 1 radical (unpaired) electrons. The van der Waals surface area contributed by atoms with E-state index >= 15 is 0 Å². The molecule has 2 rings (SSSR count). The van der Waals surface area contributed by atoms with E-state index in [0.29, 0.717) is 0 Å². The molecule has 4 N–H and O–H groups in total. The van der Waals surface area contributed by atoms with Gasteiger partial charge >= 0.3 is 0 Å². The summed E-state index contributed by atoms with van der Waals surface area (Å²) in [5.74, 6) is -2.47. The molecule has 1 unspecified atom stereocenters. The van der Waals surface area contributed by atoms with Gasteiger partial charge in [-0.05, 0) is 0 Å². The van der Waals surface area contributed by atoms with Crippen LogP contribution in [0.5, 0.6) is 0 Å². The molecule has 2 heterocycles. The summed E-state index contributed by atoms with van der Waals surface area (Å²) in [4.78, 5) is 27.2. The fraction of sp³-hybridized carbons (Fsp3) is 0.444. The smallest absolute Gasteiger partial charge is 0.276 e. The van der Waals surface area contributed by atoms with Crippen LogP contribution in [0.4, 0.5) is 0 Å². The zero-order valence-electron chi connectivity index (χ0n) is 8.94. The van der Waals surface area contributed by atoms with Crippen molar-refractivity contribution in [3.05, 3.63) is 11.5 Å². The number of hydrogen-bond donors (Lipinski definition) is 3. The van der Waals surface area contributed by atoms with Crippen molar-refractivity contribution < 1.29 is 9.59 Å². The SMILES string of the molecule is CC(C)C(=O)C1(N)NC(=O)C2=C([N]C=N2)N1. The topological polar surface area (TPSA) is 111 Å². The van der Waals surface area contributed by atoms with E-state index in [1.54, 1.807) is 13.8 Å². The third kappa shape index (κ3) is 1.45. The van der Waals surface area contributed by atoms with Crippen LogP contribution in [0.2, 0.25) is 0 Å². The third-order valence-corrected chi connectivity index (χ3v) is 2.35. The van der Waals surface area contributed by atoms with Gasteiger partial charge in [-0.2, -0.15) is 0 Å².